The number of carbonyl (C=O) groups is 3. The number of rotatable bonds is 5. The van der Waals surface area contributed by atoms with E-state index in [0.29, 0.717) is 13.1 Å². The molecule has 1 saturated heterocycles. The summed E-state index contributed by atoms with van der Waals surface area (Å²) in [6.07, 6.45) is 0.0830. The van der Waals surface area contributed by atoms with Gasteiger partial charge in [0.15, 0.2) is 0 Å². The van der Waals surface area contributed by atoms with Crippen molar-refractivity contribution in [2.45, 2.75) is 26.1 Å². The topological polar surface area (TPSA) is 94.2 Å². The predicted octanol–water partition coefficient (Wildman–Crippen LogP) is 1.31. The summed E-state index contributed by atoms with van der Waals surface area (Å²) in [7, 11) is 2.51. The minimum absolute atomic E-state index is 0.0415. The van der Waals surface area contributed by atoms with Crippen LogP contribution < -0.4 is 5.32 Å². The van der Waals surface area contributed by atoms with Crippen LogP contribution in [0.3, 0.4) is 0 Å². The lowest BCUT2D eigenvalue weighted by Gasteiger charge is -2.34. The standard InChI is InChI=1S/C18H24N2O6/c1-11-8-20(9-12(2)26-11)10-16(21)19-15-7-13(17(22)24-3)5-6-14(15)18(23)25-4/h5-7,11-12H,8-10H2,1-4H3,(H,19,21). The molecule has 142 valence electrons. The maximum Gasteiger partial charge on any atom is 0.339 e. The monoisotopic (exact) mass is 364 g/mol. The second-order valence-electron chi connectivity index (χ2n) is 6.24. The summed E-state index contributed by atoms with van der Waals surface area (Å²) < 4.78 is 15.1. The Balaban J connectivity index is 2.16. The van der Waals surface area contributed by atoms with Crippen molar-refractivity contribution in [3.8, 4) is 0 Å². The lowest BCUT2D eigenvalue weighted by Crippen LogP contribution is -2.48. The van der Waals surface area contributed by atoms with E-state index < -0.39 is 11.9 Å². The van der Waals surface area contributed by atoms with Gasteiger partial charge >= 0.3 is 11.9 Å². The van der Waals surface area contributed by atoms with Gasteiger partial charge in [0.05, 0.1) is 49.8 Å². The van der Waals surface area contributed by atoms with E-state index in [1.807, 2.05) is 18.7 Å². The van der Waals surface area contributed by atoms with Gasteiger partial charge in [-0.15, -0.1) is 0 Å². The number of carbonyl (C=O) groups excluding carboxylic acids is 3. The highest BCUT2D eigenvalue weighted by molar-refractivity contribution is 6.03. The Morgan fingerprint density at radius 2 is 1.73 bits per heavy atom. The predicted molar refractivity (Wildman–Crippen MR) is 94.2 cm³/mol. The Bertz CT molecular complexity index is 680. The molecule has 1 N–H and O–H groups in total. The van der Waals surface area contributed by atoms with Crippen LogP contribution in [-0.2, 0) is 19.0 Å². The number of benzene rings is 1. The fraction of sp³-hybridized carbons (Fsp3) is 0.500. The Hall–Kier alpha value is -2.45. The third-order valence-corrected chi connectivity index (χ3v) is 3.98. The highest BCUT2D eigenvalue weighted by Crippen LogP contribution is 2.20. The molecule has 1 aliphatic heterocycles. The number of esters is 2. The van der Waals surface area contributed by atoms with E-state index >= 15 is 0 Å². The molecule has 2 rings (SSSR count). The zero-order valence-electron chi connectivity index (χ0n) is 15.4. The minimum atomic E-state index is -0.606. The Morgan fingerprint density at radius 3 is 2.31 bits per heavy atom. The number of ether oxygens (including phenoxy) is 3. The molecule has 2 atom stereocenters. The van der Waals surface area contributed by atoms with E-state index in [2.05, 4.69) is 10.1 Å². The summed E-state index contributed by atoms with van der Waals surface area (Å²) in [5.41, 5.74) is 0.598. The molecule has 0 saturated carbocycles. The molecule has 8 nitrogen and oxygen atoms in total. The van der Waals surface area contributed by atoms with Crippen LogP contribution >= 0.6 is 0 Å². The molecule has 1 aliphatic rings. The van der Waals surface area contributed by atoms with Crippen molar-refractivity contribution >= 4 is 23.5 Å². The second kappa shape index (κ2) is 8.77. The van der Waals surface area contributed by atoms with Crippen molar-refractivity contribution in [2.24, 2.45) is 0 Å². The first-order valence-electron chi connectivity index (χ1n) is 8.32. The number of hydrogen-bond donors (Lipinski definition) is 1. The third kappa shape index (κ3) is 5.03. The number of hydrogen-bond acceptors (Lipinski definition) is 7. The lowest BCUT2D eigenvalue weighted by atomic mass is 10.1. The van der Waals surface area contributed by atoms with Crippen molar-refractivity contribution in [1.29, 1.82) is 0 Å². The molecule has 8 heteroatoms. The minimum Gasteiger partial charge on any atom is -0.465 e. The van der Waals surface area contributed by atoms with Crippen LogP contribution in [0.5, 0.6) is 0 Å². The van der Waals surface area contributed by atoms with Crippen molar-refractivity contribution < 1.29 is 28.6 Å². The molecule has 0 aromatic heterocycles. The lowest BCUT2D eigenvalue weighted by molar-refractivity contribution is -0.121. The fourth-order valence-corrected chi connectivity index (χ4v) is 2.99. The first-order valence-corrected chi connectivity index (χ1v) is 8.32. The highest BCUT2D eigenvalue weighted by atomic mass is 16.5. The zero-order valence-corrected chi connectivity index (χ0v) is 15.4. The maximum absolute atomic E-state index is 12.4. The van der Waals surface area contributed by atoms with Gasteiger partial charge in [-0.25, -0.2) is 9.59 Å². The summed E-state index contributed by atoms with van der Waals surface area (Å²) in [4.78, 5) is 38.1. The largest absolute Gasteiger partial charge is 0.465 e. The van der Waals surface area contributed by atoms with E-state index in [9.17, 15) is 14.4 Å². The van der Waals surface area contributed by atoms with Gasteiger partial charge in [0.2, 0.25) is 5.91 Å². The Morgan fingerprint density at radius 1 is 1.12 bits per heavy atom. The van der Waals surface area contributed by atoms with E-state index in [1.165, 1.54) is 32.4 Å². The van der Waals surface area contributed by atoms with Gasteiger partial charge < -0.3 is 19.5 Å². The molecule has 0 spiro atoms. The number of amides is 1. The van der Waals surface area contributed by atoms with E-state index in [4.69, 9.17) is 9.47 Å². The van der Waals surface area contributed by atoms with Crippen molar-refractivity contribution in [1.82, 2.24) is 4.90 Å². The van der Waals surface area contributed by atoms with Gasteiger partial charge in [-0.1, -0.05) is 0 Å². The first kappa shape index (κ1) is 19.9. The summed E-state index contributed by atoms with van der Waals surface area (Å²) in [6.45, 7) is 5.35. The van der Waals surface area contributed by atoms with E-state index in [0.717, 1.165) is 0 Å². The van der Waals surface area contributed by atoms with Crippen LogP contribution in [0.1, 0.15) is 34.6 Å². The van der Waals surface area contributed by atoms with E-state index in [1.54, 1.807) is 0 Å². The number of morpholine rings is 1. The third-order valence-electron chi connectivity index (χ3n) is 3.98. The number of nitrogens with zero attached hydrogens (tertiary/aromatic N) is 1. The molecule has 1 heterocycles. The first-order chi connectivity index (χ1) is 12.3. The van der Waals surface area contributed by atoms with Gasteiger partial charge in [0.25, 0.3) is 0 Å². The average Bonchev–Trinajstić information content (AvgIpc) is 2.59. The molecule has 1 amide bonds. The smallest absolute Gasteiger partial charge is 0.339 e. The van der Waals surface area contributed by atoms with Crippen LogP contribution in [0, 0.1) is 0 Å². The molecular formula is C18H24N2O6. The fourth-order valence-electron chi connectivity index (χ4n) is 2.99. The van der Waals surface area contributed by atoms with Gasteiger partial charge in [0.1, 0.15) is 0 Å². The summed E-state index contributed by atoms with van der Waals surface area (Å²) in [5.74, 6) is -1.46. The SMILES string of the molecule is COC(=O)c1ccc(C(=O)OC)c(NC(=O)CN2CC(C)OC(C)C2)c1. The molecule has 1 aromatic rings. The molecular weight excluding hydrogens is 340 g/mol. The average molecular weight is 364 g/mol. The molecule has 2 unspecified atom stereocenters. The van der Waals surface area contributed by atoms with Crippen LogP contribution in [0.25, 0.3) is 0 Å². The van der Waals surface area contributed by atoms with Crippen molar-refractivity contribution in [3.05, 3.63) is 29.3 Å². The summed E-state index contributed by atoms with van der Waals surface area (Å²) in [5, 5.41) is 2.69. The van der Waals surface area contributed by atoms with Crippen LogP contribution in [0.15, 0.2) is 18.2 Å². The van der Waals surface area contributed by atoms with Gasteiger partial charge in [-0.3, -0.25) is 9.69 Å². The Labute approximate surface area is 152 Å². The van der Waals surface area contributed by atoms with E-state index in [-0.39, 0.29) is 41.5 Å². The molecule has 26 heavy (non-hydrogen) atoms. The van der Waals surface area contributed by atoms with Crippen LogP contribution in [-0.4, -0.2) is 68.8 Å². The zero-order chi connectivity index (χ0) is 19.3. The summed E-state index contributed by atoms with van der Waals surface area (Å²) in [6, 6.07) is 4.27. The number of methoxy groups -OCH3 is 2. The van der Waals surface area contributed by atoms with Gasteiger partial charge in [-0.2, -0.15) is 0 Å². The Kier molecular flexibility index (Phi) is 6.70. The van der Waals surface area contributed by atoms with Gasteiger partial charge in [0, 0.05) is 13.1 Å². The van der Waals surface area contributed by atoms with Crippen LogP contribution in [0.4, 0.5) is 5.69 Å². The molecule has 0 radical (unpaired) electrons. The number of anilines is 1. The molecule has 0 aliphatic carbocycles. The maximum atomic E-state index is 12.4. The number of nitrogens with one attached hydrogen (secondary N) is 1. The molecule has 1 aromatic carbocycles. The van der Waals surface area contributed by atoms with Crippen LogP contribution in [0.2, 0.25) is 0 Å². The van der Waals surface area contributed by atoms with Crippen molar-refractivity contribution in [2.75, 3.05) is 39.2 Å². The molecule has 1 fully saturated rings. The second-order valence-corrected chi connectivity index (χ2v) is 6.24. The van der Waals surface area contributed by atoms with Crippen molar-refractivity contribution in [3.63, 3.8) is 0 Å². The quantitative estimate of drug-likeness (QED) is 0.787. The molecule has 0 bridgehead atoms. The summed E-state index contributed by atoms with van der Waals surface area (Å²) >= 11 is 0. The normalized spacial score (nSPS) is 20.3. The van der Waals surface area contributed by atoms with Gasteiger partial charge in [-0.05, 0) is 32.0 Å². The highest BCUT2D eigenvalue weighted by Gasteiger charge is 2.24.